The number of carbonyl (C=O) groups is 1. The molecule has 0 unspecified atom stereocenters. The molecule has 19 heavy (non-hydrogen) atoms. The Labute approximate surface area is 116 Å². The first-order valence-corrected chi connectivity index (χ1v) is 7.74. The van der Waals surface area contributed by atoms with Crippen LogP contribution in [0.5, 0.6) is 0 Å². The summed E-state index contributed by atoms with van der Waals surface area (Å²) in [4.78, 5) is 15.1. The molecule has 7 nitrogen and oxygen atoms in total. The minimum Gasteiger partial charge on any atom is -0.459 e. The van der Waals surface area contributed by atoms with E-state index in [0.29, 0.717) is 0 Å². The van der Waals surface area contributed by atoms with Gasteiger partial charge >= 0.3 is 5.97 Å². The van der Waals surface area contributed by atoms with Gasteiger partial charge in [-0.2, -0.15) is 0 Å². The van der Waals surface area contributed by atoms with Crippen molar-refractivity contribution in [2.24, 2.45) is 0 Å². The van der Waals surface area contributed by atoms with Gasteiger partial charge in [0.25, 0.3) is 0 Å². The first-order chi connectivity index (χ1) is 8.57. The third-order valence-corrected chi connectivity index (χ3v) is 3.55. The summed E-state index contributed by atoms with van der Waals surface area (Å²) in [6.45, 7) is 5.11. The van der Waals surface area contributed by atoms with Crippen molar-refractivity contribution < 1.29 is 17.9 Å². The molecule has 0 fully saturated rings. The minimum absolute atomic E-state index is 0.0459. The van der Waals surface area contributed by atoms with Gasteiger partial charge in [0.2, 0.25) is 5.28 Å². The molecule has 108 valence electrons. The molecule has 1 heterocycles. The molecule has 0 N–H and O–H groups in total. The average Bonchev–Trinajstić information content (AvgIpc) is 2.57. The lowest BCUT2D eigenvalue weighted by atomic mass is 10.2. The van der Waals surface area contributed by atoms with Crippen LogP contribution in [0.2, 0.25) is 5.28 Å². The van der Waals surface area contributed by atoms with Crippen molar-refractivity contribution in [3.63, 3.8) is 0 Å². The van der Waals surface area contributed by atoms with Gasteiger partial charge in [-0.3, -0.25) is 9.48 Å². The molecule has 0 atom stereocenters. The number of carbonyl (C=O) groups excluding carboxylic acids is 1. The summed E-state index contributed by atoms with van der Waals surface area (Å²) in [7, 11) is -3.55. The highest BCUT2D eigenvalue weighted by Gasteiger charge is 2.22. The molecule has 0 saturated carbocycles. The normalized spacial score (nSPS) is 12.4. The van der Waals surface area contributed by atoms with Crippen LogP contribution < -0.4 is 0 Å². The fourth-order valence-electron chi connectivity index (χ4n) is 1.23. The molecule has 0 bridgehead atoms. The Bertz CT molecular complexity index is 547. The lowest BCUT2D eigenvalue weighted by Gasteiger charge is -2.19. The van der Waals surface area contributed by atoms with Crippen LogP contribution >= 0.6 is 11.6 Å². The second kappa shape index (κ2) is 5.87. The number of aromatic nitrogens is 3. The molecule has 1 rings (SSSR count). The fourth-order valence-corrected chi connectivity index (χ4v) is 2.40. The van der Waals surface area contributed by atoms with Crippen LogP contribution in [0.25, 0.3) is 0 Å². The fraction of sp³-hybridized carbons (Fsp3) is 0.700. The second-order valence-electron chi connectivity index (χ2n) is 4.96. The van der Waals surface area contributed by atoms with Crippen LogP contribution in [-0.2, 0) is 25.9 Å². The third kappa shape index (κ3) is 6.53. The van der Waals surface area contributed by atoms with Gasteiger partial charge in [0, 0.05) is 0 Å². The standard InChI is InChI=1S/C10H16ClN3O4S/c1-10(2,3)18-8(15)6-19(16,17)5-4-14-7-12-9(11)13-14/h7H,4-6H2,1-3H3. The number of ether oxygens (including phenoxy) is 1. The van der Waals surface area contributed by atoms with E-state index >= 15 is 0 Å². The van der Waals surface area contributed by atoms with Crippen LogP contribution in [0.3, 0.4) is 0 Å². The van der Waals surface area contributed by atoms with Gasteiger partial charge in [-0.05, 0) is 32.4 Å². The van der Waals surface area contributed by atoms with E-state index in [-0.39, 0.29) is 17.6 Å². The van der Waals surface area contributed by atoms with Crippen molar-refractivity contribution in [1.82, 2.24) is 14.8 Å². The molecule has 0 spiro atoms. The highest BCUT2D eigenvalue weighted by molar-refractivity contribution is 7.92. The highest BCUT2D eigenvalue weighted by atomic mass is 35.5. The Kier molecular flexibility index (Phi) is 4.92. The second-order valence-corrected chi connectivity index (χ2v) is 7.48. The molecule has 0 aromatic carbocycles. The Balaban J connectivity index is 2.50. The first-order valence-electron chi connectivity index (χ1n) is 5.55. The van der Waals surface area contributed by atoms with Gasteiger partial charge in [-0.25, -0.2) is 13.4 Å². The Morgan fingerprint density at radius 3 is 2.58 bits per heavy atom. The van der Waals surface area contributed by atoms with Crippen molar-refractivity contribution in [3.05, 3.63) is 11.6 Å². The molecule has 1 aromatic heterocycles. The van der Waals surface area contributed by atoms with Crippen LogP contribution in [0.4, 0.5) is 0 Å². The zero-order valence-electron chi connectivity index (χ0n) is 11.0. The maximum Gasteiger partial charge on any atom is 0.321 e. The van der Waals surface area contributed by atoms with E-state index in [1.807, 2.05) is 0 Å². The summed E-state index contributed by atoms with van der Waals surface area (Å²) < 4.78 is 29.7. The highest BCUT2D eigenvalue weighted by Crippen LogP contribution is 2.08. The number of sulfone groups is 1. The summed E-state index contributed by atoms with van der Waals surface area (Å²) in [5.74, 6) is -1.64. The molecule has 0 aliphatic heterocycles. The van der Waals surface area contributed by atoms with Crippen molar-refractivity contribution in [1.29, 1.82) is 0 Å². The van der Waals surface area contributed by atoms with E-state index in [2.05, 4.69) is 10.1 Å². The number of nitrogens with zero attached hydrogens (tertiary/aromatic N) is 3. The maximum atomic E-state index is 11.7. The van der Waals surface area contributed by atoms with E-state index in [4.69, 9.17) is 16.3 Å². The van der Waals surface area contributed by atoms with E-state index in [9.17, 15) is 13.2 Å². The predicted octanol–water partition coefficient (Wildman–Crippen LogP) is 0.688. The van der Waals surface area contributed by atoms with Gasteiger partial charge < -0.3 is 4.74 Å². The summed E-state index contributed by atoms with van der Waals surface area (Å²) in [6, 6.07) is 0. The maximum absolute atomic E-state index is 11.7. The summed E-state index contributed by atoms with van der Waals surface area (Å²) >= 11 is 5.50. The Morgan fingerprint density at radius 2 is 2.11 bits per heavy atom. The zero-order chi connectivity index (χ0) is 14.7. The average molecular weight is 310 g/mol. The van der Waals surface area contributed by atoms with Crippen molar-refractivity contribution in [2.75, 3.05) is 11.5 Å². The van der Waals surface area contributed by atoms with Crippen molar-refractivity contribution in [2.45, 2.75) is 32.9 Å². The summed E-state index contributed by atoms with van der Waals surface area (Å²) in [5.41, 5.74) is -0.702. The lowest BCUT2D eigenvalue weighted by molar-refractivity contribution is -0.151. The lowest BCUT2D eigenvalue weighted by Crippen LogP contribution is -2.30. The molecular formula is C10H16ClN3O4S. The number of hydrogen-bond acceptors (Lipinski definition) is 6. The van der Waals surface area contributed by atoms with Gasteiger partial charge in [0.05, 0.1) is 12.3 Å². The Hall–Kier alpha value is -1.15. The molecular weight excluding hydrogens is 294 g/mol. The van der Waals surface area contributed by atoms with E-state index < -0.39 is 27.2 Å². The number of rotatable bonds is 5. The first kappa shape index (κ1) is 15.9. The molecule has 0 saturated heterocycles. The smallest absolute Gasteiger partial charge is 0.321 e. The molecule has 0 amide bonds. The van der Waals surface area contributed by atoms with Crippen molar-refractivity contribution in [3.8, 4) is 0 Å². The third-order valence-electron chi connectivity index (χ3n) is 1.90. The molecule has 0 aliphatic carbocycles. The van der Waals surface area contributed by atoms with E-state index in [1.54, 1.807) is 20.8 Å². The quantitative estimate of drug-likeness (QED) is 0.743. The van der Waals surface area contributed by atoms with Crippen LogP contribution in [0.1, 0.15) is 20.8 Å². The van der Waals surface area contributed by atoms with Crippen LogP contribution in [0, 0.1) is 0 Å². The number of esters is 1. The monoisotopic (exact) mass is 309 g/mol. The minimum atomic E-state index is -3.55. The van der Waals surface area contributed by atoms with Gasteiger partial charge in [0.15, 0.2) is 9.84 Å². The number of aryl methyl sites for hydroxylation is 1. The van der Waals surface area contributed by atoms with Crippen molar-refractivity contribution >= 4 is 27.4 Å². The SMILES string of the molecule is CC(C)(C)OC(=O)CS(=O)(=O)CCn1cnc(Cl)n1. The number of hydrogen-bond donors (Lipinski definition) is 0. The van der Waals surface area contributed by atoms with Crippen LogP contribution in [-0.4, -0.2) is 46.3 Å². The predicted molar refractivity (Wildman–Crippen MR) is 69.5 cm³/mol. The number of halogens is 1. The summed E-state index contributed by atoms with van der Waals surface area (Å²) in [5, 5.41) is 3.79. The van der Waals surface area contributed by atoms with Crippen LogP contribution in [0.15, 0.2) is 6.33 Å². The van der Waals surface area contributed by atoms with Gasteiger partial charge in [-0.1, -0.05) is 0 Å². The van der Waals surface area contributed by atoms with E-state index in [0.717, 1.165) is 0 Å². The van der Waals surface area contributed by atoms with Gasteiger partial charge in [0.1, 0.15) is 17.7 Å². The molecule has 1 aromatic rings. The molecule has 9 heteroatoms. The Morgan fingerprint density at radius 1 is 1.47 bits per heavy atom. The van der Waals surface area contributed by atoms with Gasteiger partial charge in [-0.15, -0.1) is 5.10 Å². The molecule has 0 aliphatic rings. The summed E-state index contributed by atoms with van der Waals surface area (Å²) in [6.07, 6.45) is 1.32. The topological polar surface area (TPSA) is 91.2 Å². The molecule has 0 radical (unpaired) electrons. The largest absolute Gasteiger partial charge is 0.459 e. The zero-order valence-corrected chi connectivity index (χ0v) is 12.5. The van der Waals surface area contributed by atoms with E-state index in [1.165, 1.54) is 11.0 Å².